The summed E-state index contributed by atoms with van der Waals surface area (Å²) >= 11 is 0. The van der Waals surface area contributed by atoms with Crippen LogP contribution in [-0.4, -0.2) is 0 Å². The van der Waals surface area contributed by atoms with E-state index in [4.69, 9.17) is 14.9 Å². The molecule has 4 heteroatoms. The van der Waals surface area contributed by atoms with Crippen LogP contribution in [0.1, 0.15) is 5.56 Å². The zero-order chi connectivity index (χ0) is 7.68. The Hall–Kier alpha value is -1.73. The molecule has 1 aromatic rings. The van der Waals surface area contributed by atoms with E-state index in [0.29, 0.717) is 17.1 Å². The molecule has 0 saturated heterocycles. The molecule has 0 atom stereocenters. The van der Waals surface area contributed by atoms with Crippen LogP contribution in [0.25, 0.3) is 0 Å². The lowest BCUT2D eigenvalue weighted by molar-refractivity contribution is 0.0259. The minimum Gasteiger partial charge on any atom is -0.370 e. The van der Waals surface area contributed by atoms with E-state index >= 15 is 0 Å². The van der Waals surface area contributed by atoms with Gasteiger partial charge in [-0.05, 0) is 12.1 Å². The number of hydrogen-bond donors (Lipinski definition) is 1. The molecule has 0 saturated carbocycles. The predicted octanol–water partition coefficient (Wildman–Crippen LogP) is 0.749. The van der Waals surface area contributed by atoms with Gasteiger partial charge in [0.2, 0.25) is 0 Å². The molecule has 0 aliphatic carbocycles. The van der Waals surface area contributed by atoms with Crippen molar-refractivity contribution in [3.8, 4) is 17.6 Å². The Kier molecular flexibility index (Phi) is 1.17. The number of rotatable bonds is 0. The second-order valence-corrected chi connectivity index (χ2v) is 2.06. The van der Waals surface area contributed by atoms with Crippen molar-refractivity contribution in [3.05, 3.63) is 23.8 Å². The zero-order valence-electron chi connectivity index (χ0n) is 5.50. The lowest BCUT2D eigenvalue weighted by Crippen LogP contribution is -2.14. The Morgan fingerprint density at radius 2 is 2.09 bits per heavy atom. The van der Waals surface area contributed by atoms with Crippen LogP contribution in [0.5, 0.6) is 11.5 Å². The van der Waals surface area contributed by atoms with Crippen LogP contribution in [0.3, 0.4) is 0 Å². The van der Waals surface area contributed by atoms with Gasteiger partial charge in [0.25, 0.3) is 0 Å². The quantitative estimate of drug-likeness (QED) is 0.589. The normalized spacial score (nSPS) is 12.6. The van der Waals surface area contributed by atoms with Crippen molar-refractivity contribution in [1.29, 1.82) is 5.26 Å². The number of fused-ring (bicyclic) bond motifs is 1. The first-order chi connectivity index (χ1) is 5.40. The fourth-order valence-electron chi connectivity index (χ4n) is 0.852. The van der Waals surface area contributed by atoms with Crippen LogP contribution < -0.4 is 15.3 Å². The summed E-state index contributed by atoms with van der Waals surface area (Å²) in [4.78, 5) is 9.63. The Labute approximate surface area is 62.9 Å². The minimum absolute atomic E-state index is 0.545. The number of nitrogens with one attached hydrogen (secondary N) is 1. The van der Waals surface area contributed by atoms with E-state index in [0.717, 1.165) is 0 Å². The Morgan fingerprint density at radius 1 is 1.27 bits per heavy atom. The average molecular weight is 148 g/mol. The van der Waals surface area contributed by atoms with Crippen LogP contribution in [-0.2, 0) is 0 Å². The maximum absolute atomic E-state index is 8.50. The van der Waals surface area contributed by atoms with Gasteiger partial charge in [0.15, 0.2) is 11.5 Å². The summed E-state index contributed by atoms with van der Waals surface area (Å²) in [7, 11) is 0. The summed E-state index contributed by atoms with van der Waals surface area (Å²) in [6, 6.07) is 6.94. The summed E-state index contributed by atoms with van der Waals surface area (Å²) in [6.07, 6.45) is 0. The van der Waals surface area contributed by atoms with Gasteiger partial charge in [-0.3, -0.25) is 0 Å². The van der Waals surface area contributed by atoms with Crippen molar-refractivity contribution in [1.82, 2.24) is 5.64 Å². The third kappa shape index (κ3) is 0.876. The molecule has 2 rings (SSSR count). The molecule has 0 spiro atoms. The SMILES string of the molecule is N#Cc1ccc2c(c1)ONO2. The first kappa shape index (κ1) is 6.01. The summed E-state index contributed by atoms with van der Waals surface area (Å²) in [5, 5.41) is 8.50. The average Bonchev–Trinajstić information content (AvgIpc) is 2.50. The van der Waals surface area contributed by atoms with Crippen molar-refractivity contribution in [2.75, 3.05) is 0 Å². The van der Waals surface area contributed by atoms with Crippen molar-refractivity contribution in [2.24, 2.45) is 0 Å². The molecule has 1 aliphatic heterocycles. The van der Waals surface area contributed by atoms with E-state index in [2.05, 4.69) is 5.64 Å². The summed E-state index contributed by atoms with van der Waals surface area (Å²) in [6.45, 7) is 0. The first-order valence-electron chi connectivity index (χ1n) is 3.03. The van der Waals surface area contributed by atoms with Gasteiger partial charge in [-0.15, -0.1) is 0 Å². The van der Waals surface area contributed by atoms with E-state index in [1.807, 2.05) is 6.07 Å². The van der Waals surface area contributed by atoms with E-state index in [1.165, 1.54) is 0 Å². The van der Waals surface area contributed by atoms with Crippen molar-refractivity contribution < 1.29 is 9.68 Å². The molecule has 0 bridgehead atoms. The second kappa shape index (κ2) is 2.15. The molecular weight excluding hydrogens is 144 g/mol. The van der Waals surface area contributed by atoms with Crippen LogP contribution in [0.15, 0.2) is 18.2 Å². The Balaban J connectivity index is 2.51. The van der Waals surface area contributed by atoms with Gasteiger partial charge in [-0.2, -0.15) is 5.26 Å². The van der Waals surface area contributed by atoms with Crippen molar-refractivity contribution >= 4 is 0 Å². The van der Waals surface area contributed by atoms with E-state index in [9.17, 15) is 0 Å². The lowest BCUT2D eigenvalue weighted by Gasteiger charge is -1.90. The Morgan fingerprint density at radius 3 is 2.91 bits per heavy atom. The standard InChI is InChI=1S/C7H4N2O2/c8-4-5-1-2-6-7(3-5)11-9-10-6/h1-3,9H. The van der Waals surface area contributed by atoms with Gasteiger partial charge in [-0.1, -0.05) is 0 Å². The third-order valence-corrected chi connectivity index (χ3v) is 1.38. The molecule has 4 nitrogen and oxygen atoms in total. The van der Waals surface area contributed by atoms with E-state index < -0.39 is 0 Å². The largest absolute Gasteiger partial charge is 0.370 e. The molecule has 0 aromatic heterocycles. The molecular formula is C7H4N2O2. The fraction of sp³-hybridized carbons (Fsp3) is 0. The Bertz CT molecular complexity index is 330. The zero-order valence-corrected chi connectivity index (χ0v) is 5.50. The van der Waals surface area contributed by atoms with Crippen LogP contribution in [0.4, 0.5) is 0 Å². The predicted molar refractivity (Wildman–Crippen MR) is 35.5 cm³/mol. The lowest BCUT2D eigenvalue weighted by atomic mass is 10.2. The highest BCUT2D eigenvalue weighted by atomic mass is 16.9. The monoisotopic (exact) mass is 148 g/mol. The van der Waals surface area contributed by atoms with Gasteiger partial charge in [-0.25, -0.2) is 0 Å². The van der Waals surface area contributed by atoms with Gasteiger partial charge < -0.3 is 9.68 Å². The maximum atomic E-state index is 8.50. The number of benzene rings is 1. The molecule has 1 N–H and O–H groups in total. The molecule has 0 radical (unpaired) electrons. The highest BCUT2D eigenvalue weighted by Crippen LogP contribution is 2.30. The van der Waals surface area contributed by atoms with Gasteiger partial charge in [0, 0.05) is 11.7 Å². The highest BCUT2D eigenvalue weighted by Gasteiger charge is 2.13. The van der Waals surface area contributed by atoms with Crippen LogP contribution in [0, 0.1) is 11.3 Å². The van der Waals surface area contributed by atoms with Crippen LogP contribution in [0.2, 0.25) is 0 Å². The molecule has 0 amide bonds. The van der Waals surface area contributed by atoms with Gasteiger partial charge >= 0.3 is 0 Å². The topological polar surface area (TPSA) is 54.3 Å². The number of nitrogens with zero attached hydrogens (tertiary/aromatic N) is 1. The van der Waals surface area contributed by atoms with Crippen molar-refractivity contribution in [3.63, 3.8) is 0 Å². The molecule has 11 heavy (non-hydrogen) atoms. The number of hydrogen-bond acceptors (Lipinski definition) is 4. The van der Waals surface area contributed by atoms with E-state index in [1.54, 1.807) is 18.2 Å². The summed E-state index contributed by atoms with van der Waals surface area (Å²) in [5.74, 6) is 1.15. The summed E-state index contributed by atoms with van der Waals surface area (Å²) in [5.41, 5.74) is 2.78. The molecule has 1 heterocycles. The van der Waals surface area contributed by atoms with Crippen molar-refractivity contribution in [2.45, 2.75) is 0 Å². The molecule has 54 valence electrons. The fourth-order valence-corrected chi connectivity index (χ4v) is 0.852. The smallest absolute Gasteiger partial charge is 0.197 e. The molecule has 1 aliphatic rings. The van der Waals surface area contributed by atoms with Gasteiger partial charge in [0.1, 0.15) is 0 Å². The molecule has 0 fully saturated rings. The molecule has 1 aromatic carbocycles. The maximum Gasteiger partial charge on any atom is 0.197 e. The highest BCUT2D eigenvalue weighted by molar-refractivity contribution is 5.47. The number of nitriles is 1. The van der Waals surface area contributed by atoms with E-state index in [-0.39, 0.29) is 0 Å². The molecule has 0 unspecified atom stereocenters. The summed E-state index contributed by atoms with van der Waals surface area (Å²) < 4.78 is 0. The first-order valence-corrected chi connectivity index (χ1v) is 3.03. The second-order valence-electron chi connectivity index (χ2n) is 2.06. The van der Waals surface area contributed by atoms with Crippen LogP contribution >= 0.6 is 0 Å². The minimum atomic E-state index is 0.545. The third-order valence-electron chi connectivity index (χ3n) is 1.38. The van der Waals surface area contributed by atoms with Gasteiger partial charge in [0.05, 0.1) is 11.6 Å².